The average Bonchev–Trinajstić information content (AvgIpc) is 2.83. The molecule has 2 N–H and O–H groups in total. The molecular weight excluding hydrogens is 312 g/mol. The highest BCUT2D eigenvalue weighted by atomic mass is 32.2. The molecule has 0 aliphatic carbocycles. The maximum atomic E-state index is 11.5. The van der Waals surface area contributed by atoms with Crippen molar-refractivity contribution in [1.29, 1.82) is 0 Å². The van der Waals surface area contributed by atoms with E-state index in [0.717, 1.165) is 5.69 Å². The summed E-state index contributed by atoms with van der Waals surface area (Å²) in [5.74, 6) is 1.71. The number of nitrogens with one attached hydrogen (secondary N) is 2. The Kier molecular flexibility index (Phi) is 4.21. The number of aryl methyl sites for hydroxylation is 1. The van der Waals surface area contributed by atoms with Crippen molar-refractivity contribution >= 4 is 27.2 Å². The molecule has 23 heavy (non-hydrogen) atoms. The highest BCUT2D eigenvalue weighted by Crippen LogP contribution is 2.23. The van der Waals surface area contributed by atoms with Crippen molar-refractivity contribution in [3.63, 3.8) is 0 Å². The molecule has 6 nitrogen and oxygen atoms in total. The van der Waals surface area contributed by atoms with Crippen LogP contribution in [0.3, 0.4) is 0 Å². The molecule has 1 saturated heterocycles. The lowest BCUT2D eigenvalue weighted by molar-refractivity contribution is 0.602. The fraction of sp³-hybridized carbons (Fsp3) is 0.375. The minimum absolute atomic E-state index is 0.0801. The number of anilines is 3. The van der Waals surface area contributed by atoms with Gasteiger partial charge in [0.05, 0.1) is 11.5 Å². The van der Waals surface area contributed by atoms with E-state index in [1.807, 2.05) is 12.1 Å². The summed E-state index contributed by atoms with van der Waals surface area (Å²) in [7, 11) is -2.91. The first kappa shape index (κ1) is 15.7. The number of aromatic nitrogens is 2. The highest BCUT2D eigenvalue weighted by Gasteiger charge is 2.27. The first-order valence-corrected chi connectivity index (χ1v) is 9.37. The van der Waals surface area contributed by atoms with Crippen molar-refractivity contribution in [2.75, 3.05) is 22.1 Å². The number of nitrogens with zero attached hydrogens (tertiary/aromatic N) is 2. The third kappa shape index (κ3) is 3.79. The molecule has 2 heterocycles. The Hall–Kier alpha value is -2.15. The lowest BCUT2D eigenvalue weighted by Crippen LogP contribution is -2.21. The van der Waals surface area contributed by atoms with Gasteiger partial charge < -0.3 is 10.6 Å². The van der Waals surface area contributed by atoms with E-state index < -0.39 is 9.84 Å². The minimum atomic E-state index is -2.91. The van der Waals surface area contributed by atoms with Gasteiger partial charge in [0.1, 0.15) is 18.0 Å². The molecule has 1 unspecified atom stereocenters. The Morgan fingerprint density at radius 1 is 1.17 bits per heavy atom. The SMILES string of the molecule is Cc1cccc(Nc2cc(NC3CCS(=O)(=O)C3)ncn2)c1C. The molecular formula is C16H20N4O2S. The predicted octanol–water partition coefficient (Wildman–Crippen LogP) is 2.44. The van der Waals surface area contributed by atoms with Crippen LogP contribution < -0.4 is 10.6 Å². The zero-order chi connectivity index (χ0) is 16.4. The van der Waals surface area contributed by atoms with Gasteiger partial charge in [0.25, 0.3) is 0 Å². The summed E-state index contributed by atoms with van der Waals surface area (Å²) < 4.78 is 23.0. The van der Waals surface area contributed by atoms with Crippen LogP contribution in [0, 0.1) is 13.8 Å². The Bertz CT molecular complexity index is 821. The second-order valence-corrected chi connectivity index (χ2v) is 8.13. The number of benzene rings is 1. The largest absolute Gasteiger partial charge is 0.366 e. The summed E-state index contributed by atoms with van der Waals surface area (Å²) >= 11 is 0. The molecule has 7 heteroatoms. The lowest BCUT2D eigenvalue weighted by Gasteiger charge is -2.14. The Morgan fingerprint density at radius 3 is 2.70 bits per heavy atom. The van der Waals surface area contributed by atoms with Crippen LogP contribution in [0.25, 0.3) is 0 Å². The standard InChI is InChI=1S/C16H20N4O2S/c1-11-4-3-5-14(12(11)2)20-16-8-15(17-10-18-16)19-13-6-7-23(21,22)9-13/h3-5,8,10,13H,6-7,9H2,1-2H3,(H2,17,18,19,20). The quantitative estimate of drug-likeness (QED) is 0.894. The zero-order valence-electron chi connectivity index (χ0n) is 13.2. The second kappa shape index (κ2) is 6.16. The molecule has 1 aromatic heterocycles. The molecule has 0 amide bonds. The van der Waals surface area contributed by atoms with Crippen LogP contribution >= 0.6 is 0 Å². The second-order valence-electron chi connectivity index (χ2n) is 5.91. The summed E-state index contributed by atoms with van der Waals surface area (Å²) in [6.45, 7) is 4.12. The summed E-state index contributed by atoms with van der Waals surface area (Å²) in [5.41, 5.74) is 3.37. The van der Waals surface area contributed by atoms with Gasteiger partial charge in [-0.25, -0.2) is 18.4 Å². The van der Waals surface area contributed by atoms with Gasteiger partial charge in [-0.05, 0) is 37.5 Å². The first-order chi connectivity index (χ1) is 10.9. The van der Waals surface area contributed by atoms with Crippen LogP contribution in [0.4, 0.5) is 17.3 Å². The van der Waals surface area contributed by atoms with Crippen molar-refractivity contribution < 1.29 is 8.42 Å². The Morgan fingerprint density at radius 2 is 1.96 bits per heavy atom. The van der Waals surface area contributed by atoms with Crippen molar-refractivity contribution in [2.24, 2.45) is 0 Å². The molecule has 1 atom stereocenters. The number of rotatable bonds is 4. The van der Waals surface area contributed by atoms with Crippen molar-refractivity contribution in [3.8, 4) is 0 Å². The maximum absolute atomic E-state index is 11.5. The van der Waals surface area contributed by atoms with Gasteiger partial charge in [0, 0.05) is 17.8 Å². The molecule has 0 saturated carbocycles. The van der Waals surface area contributed by atoms with E-state index in [1.54, 1.807) is 6.07 Å². The van der Waals surface area contributed by atoms with Crippen LogP contribution in [0.2, 0.25) is 0 Å². The molecule has 0 spiro atoms. The third-order valence-electron chi connectivity index (χ3n) is 4.12. The van der Waals surface area contributed by atoms with E-state index in [0.29, 0.717) is 18.1 Å². The fourth-order valence-electron chi connectivity index (χ4n) is 2.65. The molecule has 1 aromatic carbocycles. The summed E-state index contributed by atoms with van der Waals surface area (Å²) in [6, 6.07) is 7.78. The molecule has 1 aliphatic rings. The van der Waals surface area contributed by atoms with Crippen molar-refractivity contribution in [1.82, 2.24) is 9.97 Å². The van der Waals surface area contributed by atoms with Gasteiger partial charge in [0.15, 0.2) is 9.84 Å². The Balaban J connectivity index is 1.74. The number of hydrogen-bond donors (Lipinski definition) is 2. The van der Waals surface area contributed by atoms with Crippen LogP contribution in [0.5, 0.6) is 0 Å². The van der Waals surface area contributed by atoms with E-state index in [4.69, 9.17) is 0 Å². The predicted molar refractivity (Wildman–Crippen MR) is 91.9 cm³/mol. The monoisotopic (exact) mass is 332 g/mol. The van der Waals surface area contributed by atoms with Gasteiger partial charge in [-0.1, -0.05) is 12.1 Å². The van der Waals surface area contributed by atoms with E-state index in [-0.39, 0.29) is 17.5 Å². The smallest absolute Gasteiger partial charge is 0.152 e. The minimum Gasteiger partial charge on any atom is -0.366 e. The van der Waals surface area contributed by atoms with Crippen LogP contribution in [0.1, 0.15) is 17.5 Å². The highest BCUT2D eigenvalue weighted by molar-refractivity contribution is 7.91. The van der Waals surface area contributed by atoms with Gasteiger partial charge >= 0.3 is 0 Å². The average molecular weight is 332 g/mol. The summed E-state index contributed by atoms with van der Waals surface area (Å²) in [4.78, 5) is 8.40. The lowest BCUT2D eigenvalue weighted by atomic mass is 10.1. The van der Waals surface area contributed by atoms with E-state index in [2.05, 4.69) is 40.5 Å². The fourth-order valence-corrected chi connectivity index (χ4v) is 4.32. The van der Waals surface area contributed by atoms with Gasteiger partial charge in [0.2, 0.25) is 0 Å². The van der Waals surface area contributed by atoms with Crippen LogP contribution in [-0.2, 0) is 9.84 Å². The Labute approximate surface area is 136 Å². The van der Waals surface area contributed by atoms with E-state index in [1.165, 1.54) is 17.5 Å². The van der Waals surface area contributed by atoms with Gasteiger partial charge in [-0.3, -0.25) is 0 Å². The van der Waals surface area contributed by atoms with Crippen molar-refractivity contribution in [3.05, 3.63) is 41.7 Å². The van der Waals surface area contributed by atoms with Crippen LogP contribution in [0.15, 0.2) is 30.6 Å². The zero-order valence-corrected chi connectivity index (χ0v) is 14.0. The van der Waals surface area contributed by atoms with Crippen LogP contribution in [-0.4, -0.2) is 35.9 Å². The molecule has 0 radical (unpaired) electrons. The third-order valence-corrected chi connectivity index (χ3v) is 5.89. The van der Waals surface area contributed by atoms with E-state index in [9.17, 15) is 8.42 Å². The molecule has 1 fully saturated rings. The number of hydrogen-bond acceptors (Lipinski definition) is 6. The van der Waals surface area contributed by atoms with Crippen molar-refractivity contribution in [2.45, 2.75) is 26.3 Å². The molecule has 2 aromatic rings. The summed E-state index contributed by atoms with van der Waals surface area (Å²) in [5, 5.41) is 6.46. The molecule has 0 bridgehead atoms. The number of sulfone groups is 1. The summed E-state index contributed by atoms with van der Waals surface area (Å²) in [6.07, 6.45) is 2.09. The molecule has 3 rings (SSSR count). The van der Waals surface area contributed by atoms with E-state index >= 15 is 0 Å². The molecule has 122 valence electrons. The molecule has 1 aliphatic heterocycles. The first-order valence-electron chi connectivity index (χ1n) is 7.55. The van der Waals surface area contributed by atoms with Gasteiger partial charge in [-0.15, -0.1) is 0 Å². The maximum Gasteiger partial charge on any atom is 0.152 e. The topological polar surface area (TPSA) is 84.0 Å². The normalized spacial score (nSPS) is 19.5. The van der Waals surface area contributed by atoms with Gasteiger partial charge in [-0.2, -0.15) is 0 Å².